The van der Waals surface area contributed by atoms with E-state index in [1.165, 1.54) is 12.0 Å². The summed E-state index contributed by atoms with van der Waals surface area (Å²) in [5.74, 6) is 0.820. The number of nitrogens with one attached hydrogen (secondary N) is 1. The van der Waals surface area contributed by atoms with Gasteiger partial charge in [-0.1, -0.05) is 18.2 Å². The van der Waals surface area contributed by atoms with Gasteiger partial charge in [0.15, 0.2) is 0 Å². The Bertz CT molecular complexity index is 658. The zero-order valence-corrected chi connectivity index (χ0v) is 11.0. The monoisotopic (exact) mass is 255 g/mol. The first-order valence-corrected chi connectivity index (χ1v) is 6.68. The van der Waals surface area contributed by atoms with E-state index < -0.39 is 0 Å². The first kappa shape index (κ1) is 12.0. The number of benzene rings is 1. The molecule has 3 rings (SSSR count). The van der Waals surface area contributed by atoms with E-state index in [4.69, 9.17) is 4.74 Å². The van der Waals surface area contributed by atoms with Gasteiger partial charge in [-0.05, 0) is 42.9 Å². The van der Waals surface area contributed by atoms with Gasteiger partial charge in [-0.15, -0.1) is 0 Å². The Labute approximate surface area is 112 Å². The maximum absolute atomic E-state index is 11.8. The molecule has 0 aliphatic heterocycles. The molecule has 0 fully saturated rings. The van der Waals surface area contributed by atoms with Gasteiger partial charge in [-0.25, -0.2) is 0 Å². The summed E-state index contributed by atoms with van der Waals surface area (Å²) in [5.41, 5.74) is 4.38. The summed E-state index contributed by atoms with van der Waals surface area (Å²) in [7, 11) is 1.67. The van der Waals surface area contributed by atoms with Gasteiger partial charge in [-0.2, -0.15) is 0 Å². The highest BCUT2D eigenvalue weighted by atomic mass is 16.5. The van der Waals surface area contributed by atoms with Gasteiger partial charge in [0.05, 0.1) is 7.11 Å². The quantitative estimate of drug-likeness (QED) is 0.896. The summed E-state index contributed by atoms with van der Waals surface area (Å²) in [4.78, 5) is 14.8. The fraction of sp³-hybridized carbons (Fsp3) is 0.312. The lowest BCUT2D eigenvalue weighted by Crippen LogP contribution is -2.15. The molecular formula is C16H17NO2. The third kappa shape index (κ3) is 2.16. The van der Waals surface area contributed by atoms with Gasteiger partial charge in [0.1, 0.15) is 5.75 Å². The number of aromatic amines is 1. The molecule has 98 valence electrons. The van der Waals surface area contributed by atoms with Crippen LogP contribution in [0.15, 0.2) is 35.1 Å². The van der Waals surface area contributed by atoms with Crippen molar-refractivity contribution in [2.24, 2.45) is 0 Å². The first-order chi connectivity index (χ1) is 9.29. The molecule has 1 aliphatic rings. The molecule has 0 atom stereocenters. The summed E-state index contributed by atoms with van der Waals surface area (Å²) < 4.78 is 5.42. The highest BCUT2D eigenvalue weighted by Gasteiger charge is 2.17. The minimum absolute atomic E-state index is 0.0263. The van der Waals surface area contributed by atoms with Crippen LogP contribution >= 0.6 is 0 Å². The minimum Gasteiger partial charge on any atom is -0.496 e. The van der Waals surface area contributed by atoms with E-state index in [1.807, 2.05) is 24.3 Å². The number of fused-ring (bicyclic) bond motifs is 1. The molecule has 0 spiro atoms. The third-order valence-electron chi connectivity index (χ3n) is 3.74. The van der Waals surface area contributed by atoms with Crippen LogP contribution in [0.2, 0.25) is 0 Å². The van der Waals surface area contributed by atoms with E-state index in [0.717, 1.165) is 41.8 Å². The first-order valence-electron chi connectivity index (χ1n) is 6.68. The van der Waals surface area contributed by atoms with Gasteiger partial charge in [-0.3, -0.25) is 4.79 Å². The molecule has 3 heteroatoms. The molecular weight excluding hydrogens is 238 g/mol. The van der Waals surface area contributed by atoms with Crippen molar-refractivity contribution in [1.29, 1.82) is 0 Å². The summed E-state index contributed by atoms with van der Waals surface area (Å²) in [6.07, 6.45) is 4.33. The number of para-hydroxylation sites is 1. The summed E-state index contributed by atoms with van der Waals surface area (Å²) in [6, 6.07) is 9.58. The molecule has 1 aromatic heterocycles. The Balaban J connectivity index is 2.24. The normalized spacial score (nSPS) is 13.9. The Morgan fingerprint density at radius 3 is 2.74 bits per heavy atom. The molecule has 1 heterocycles. The van der Waals surface area contributed by atoms with Crippen LogP contribution in [-0.4, -0.2) is 12.1 Å². The van der Waals surface area contributed by atoms with Crippen LogP contribution in [0.1, 0.15) is 24.1 Å². The molecule has 3 nitrogen and oxygen atoms in total. The van der Waals surface area contributed by atoms with E-state index in [-0.39, 0.29) is 5.56 Å². The van der Waals surface area contributed by atoms with Crippen molar-refractivity contribution in [3.05, 3.63) is 51.9 Å². The maximum atomic E-state index is 11.8. The number of H-pyrrole nitrogens is 1. The largest absolute Gasteiger partial charge is 0.496 e. The number of methoxy groups -OCH3 is 1. The van der Waals surface area contributed by atoms with E-state index in [9.17, 15) is 4.79 Å². The highest BCUT2D eigenvalue weighted by molar-refractivity contribution is 5.74. The number of hydrogen-bond donors (Lipinski definition) is 1. The highest BCUT2D eigenvalue weighted by Crippen LogP contribution is 2.34. The second-order valence-corrected chi connectivity index (χ2v) is 4.91. The smallest absolute Gasteiger partial charge is 0.248 e. The topological polar surface area (TPSA) is 42.1 Å². The van der Waals surface area contributed by atoms with Crippen molar-refractivity contribution < 1.29 is 4.74 Å². The van der Waals surface area contributed by atoms with Gasteiger partial charge < -0.3 is 9.72 Å². The van der Waals surface area contributed by atoms with Crippen LogP contribution < -0.4 is 10.3 Å². The van der Waals surface area contributed by atoms with Gasteiger partial charge in [0, 0.05) is 17.3 Å². The molecule has 0 unspecified atom stereocenters. The number of pyridine rings is 1. The molecule has 19 heavy (non-hydrogen) atoms. The molecule has 0 bridgehead atoms. The van der Waals surface area contributed by atoms with E-state index >= 15 is 0 Å². The van der Waals surface area contributed by atoms with Crippen LogP contribution in [0, 0.1) is 0 Å². The van der Waals surface area contributed by atoms with Crippen LogP contribution in [-0.2, 0) is 12.8 Å². The van der Waals surface area contributed by atoms with Gasteiger partial charge >= 0.3 is 0 Å². The zero-order chi connectivity index (χ0) is 13.2. The van der Waals surface area contributed by atoms with Gasteiger partial charge in [0.25, 0.3) is 0 Å². The molecule has 0 saturated heterocycles. The van der Waals surface area contributed by atoms with E-state index in [1.54, 1.807) is 13.2 Å². The number of ether oxygens (including phenoxy) is 1. The predicted octanol–water partition coefficient (Wildman–Crippen LogP) is 2.93. The molecule has 0 saturated carbocycles. The van der Waals surface area contributed by atoms with Crippen LogP contribution in [0.3, 0.4) is 0 Å². The SMILES string of the molecule is COc1ccccc1-c1cc(=O)[nH]c2c1CCCC2. The van der Waals surface area contributed by atoms with Crippen LogP contribution in [0.4, 0.5) is 0 Å². The minimum atomic E-state index is -0.0263. The molecule has 0 radical (unpaired) electrons. The second-order valence-electron chi connectivity index (χ2n) is 4.91. The maximum Gasteiger partial charge on any atom is 0.248 e. The molecule has 0 amide bonds. The lowest BCUT2D eigenvalue weighted by atomic mass is 9.89. The van der Waals surface area contributed by atoms with Crippen molar-refractivity contribution >= 4 is 0 Å². The van der Waals surface area contributed by atoms with E-state index in [0.29, 0.717) is 0 Å². The molecule has 1 aliphatic carbocycles. The average Bonchev–Trinajstić information content (AvgIpc) is 2.46. The fourth-order valence-corrected chi connectivity index (χ4v) is 2.85. The number of rotatable bonds is 2. The molecule has 1 N–H and O–H groups in total. The van der Waals surface area contributed by atoms with Crippen molar-refractivity contribution in [2.75, 3.05) is 7.11 Å². The lowest BCUT2D eigenvalue weighted by molar-refractivity contribution is 0.416. The van der Waals surface area contributed by atoms with Crippen molar-refractivity contribution in [1.82, 2.24) is 4.98 Å². The summed E-state index contributed by atoms with van der Waals surface area (Å²) in [5, 5.41) is 0. The standard InChI is InChI=1S/C16H17NO2/c1-19-15-9-5-3-7-12(15)13-10-16(18)17-14-8-4-2-6-11(13)14/h3,5,7,9-10H,2,4,6,8H2,1H3,(H,17,18). The fourth-order valence-electron chi connectivity index (χ4n) is 2.85. The Kier molecular flexibility index (Phi) is 3.11. The summed E-state index contributed by atoms with van der Waals surface area (Å²) >= 11 is 0. The molecule has 2 aromatic rings. The number of hydrogen-bond acceptors (Lipinski definition) is 2. The van der Waals surface area contributed by atoms with Gasteiger partial charge in [0.2, 0.25) is 5.56 Å². The van der Waals surface area contributed by atoms with Crippen LogP contribution in [0.25, 0.3) is 11.1 Å². The average molecular weight is 255 g/mol. The Morgan fingerprint density at radius 1 is 1.11 bits per heavy atom. The van der Waals surface area contributed by atoms with Crippen molar-refractivity contribution in [3.63, 3.8) is 0 Å². The number of aryl methyl sites for hydroxylation is 1. The van der Waals surface area contributed by atoms with E-state index in [2.05, 4.69) is 4.98 Å². The summed E-state index contributed by atoms with van der Waals surface area (Å²) in [6.45, 7) is 0. The number of aromatic nitrogens is 1. The lowest BCUT2D eigenvalue weighted by Gasteiger charge is -2.20. The Hall–Kier alpha value is -2.03. The third-order valence-corrected chi connectivity index (χ3v) is 3.74. The molecule has 1 aromatic carbocycles. The Morgan fingerprint density at radius 2 is 1.89 bits per heavy atom. The second kappa shape index (κ2) is 4.92. The van der Waals surface area contributed by atoms with Crippen molar-refractivity contribution in [2.45, 2.75) is 25.7 Å². The predicted molar refractivity (Wildman–Crippen MR) is 75.7 cm³/mol. The van der Waals surface area contributed by atoms with Crippen molar-refractivity contribution in [3.8, 4) is 16.9 Å². The van der Waals surface area contributed by atoms with Crippen LogP contribution in [0.5, 0.6) is 5.75 Å². The zero-order valence-electron chi connectivity index (χ0n) is 11.0.